The van der Waals surface area contributed by atoms with Gasteiger partial charge in [0.2, 0.25) is 5.91 Å². The fourth-order valence-corrected chi connectivity index (χ4v) is 4.36. The van der Waals surface area contributed by atoms with Crippen LogP contribution in [0.3, 0.4) is 0 Å². The van der Waals surface area contributed by atoms with E-state index in [2.05, 4.69) is 41.5 Å². The average molecular weight is 363 g/mol. The SMILES string of the molecule is C=C(NC(C)=O)c1ccccc1.c1ccc2c(c1)CCCC21CCNCC1. The van der Waals surface area contributed by atoms with Crippen molar-refractivity contribution in [1.82, 2.24) is 10.6 Å². The molecule has 0 aromatic heterocycles. The largest absolute Gasteiger partial charge is 0.326 e. The first-order chi connectivity index (χ1) is 13.1. The van der Waals surface area contributed by atoms with Crippen LogP contribution in [0.5, 0.6) is 0 Å². The van der Waals surface area contributed by atoms with Gasteiger partial charge in [0.05, 0.1) is 0 Å². The molecule has 0 saturated carbocycles. The normalized spacial score (nSPS) is 17.2. The average Bonchev–Trinajstić information content (AvgIpc) is 2.70. The number of aryl methyl sites for hydroxylation is 1. The summed E-state index contributed by atoms with van der Waals surface area (Å²) in [7, 11) is 0. The highest BCUT2D eigenvalue weighted by molar-refractivity contribution is 5.84. The van der Waals surface area contributed by atoms with Gasteiger partial charge in [-0.2, -0.15) is 0 Å². The van der Waals surface area contributed by atoms with Crippen molar-refractivity contribution in [3.05, 3.63) is 77.9 Å². The highest BCUT2D eigenvalue weighted by atomic mass is 16.1. The van der Waals surface area contributed by atoms with E-state index in [0.717, 1.165) is 5.56 Å². The zero-order valence-electron chi connectivity index (χ0n) is 16.3. The minimum Gasteiger partial charge on any atom is -0.326 e. The number of amides is 1. The number of piperidine rings is 1. The third kappa shape index (κ3) is 4.86. The Labute approximate surface area is 162 Å². The first-order valence-corrected chi connectivity index (χ1v) is 9.92. The highest BCUT2D eigenvalue weighted by Crippen LogP contribution is 2.43. The zero-order valence-corrected chi connectivity index (χ0v) is 16.3. The van der Waals surface area contributed by atoms with Gasteiger partial charge in [0.1, 0.15) is 0 Å². The summed E-state index contributed by atoms with van der Waals surface area (Å²) >= 11 is 0. The van der Waals surface area contributed by atoms with E-state index in [-0.39, 0.29) is 5.91 Å². The molecule has 2 N–H and O–H groups in total. The number of hydrogen-bond acceptors (Lipinski definition) is 2. The van der Waals surface area contributed by atoms with Crippen molar-refractivity contribution >= 4 is 11.6 Å². The zero-order chi connectivity index (χ0) is 19.1. The molecule has 2 aromatic carbocycles. The predicted molar refractivity (Wildman–Crippen MR) is 112 cm³/mol. The highest BCUT2D eigenvalue weighted by Gasteiger charge is 2.36. The maximum atomic E-state index is 10.7. The van der Waals surface area contributed by atoms with Crippen molar-refractivity contribution in [1.29, 1.82) is 0 Å². The van der Waals surface area contributed by atoms with E-state index in [1.807, 2.05) is 30.3 Å². The molecule has 0 radical (unpaired) electrons. The standard InChI is InChI=1S/C14H19N.C10H11NO/c1-2-6-13-12(4-1)5-3-7-14(13)8-10-15-11-9-14;1-8(11-9(2)12)10-6-4-3-5-7-10/h1-2,4,6,15H,3,5,7-11H2;3-7H,1H2,2H3,(H,11,12). The van der Waals surface area contributed by atoms with Crippen molar-refractivity contribution in [2.75, 3.05) is 13.1 Å². The molecule has 1 spiro atoms. The number of rotatable bonds is 2. The third-order valence-corrected chi connectivity index (χ3v) is 5.70. The Kier molecular flexibility index (Phi) is 6.46. The summed E-state index contributed by atoms with van der Waals surface area (Å²) in [4.78, 5) is 10.7. The van der Waals surface area contributed by atoms with Gasteiger partial charge in [-0.25, -0.2) is 0 Å². The van der Waals surface area contributed by atoms with E-state index >= 15 is 0 Å². The Bertz CT molecular complexity index is 776. The molecule has 3 nitrogen and oxygen atoms in total. The van der Waals surface area contributed by atoms with Gasteiger partial charge in [0.25, 0.3) is 0 Å². The molecule has 0 atom stereocenters. The maximum Gasteiger partial charge on any atom is 0.221 e. The van der Waals surface area contributed by atoms with Gasteiger partial charge >= 0.3 is 0 Å². The van der Waals surface area contributed by atoms with E-state index in [1.165, 1.54) is 52.1 Å². The van der Waals surface area contributed by atoms with Crippen molar-refractivity contribution in [3.8, 4) is 0 Å². The van der Waals surface area contributed by atoms with Crippen molar-refractivity contribution in [2.45, 2.75) is 44.4 Å². The number of carbonyl (C=O) groups excluding carboxylic acids is 1. The van der Waals surface area contributed by atoms with E-state index in [9.17, 15) is 4.79 Å². The molecule has 2 aliphatic rings. The summed E-state index contributed by atoms with van der Waals surface area (Å²) in [5, 5.41) is 6.11. The van der Waals surface area contributed by atoms with Crippen LogP contribution in [0.2, 0.25) is 0 Å². The molecule has 142 valence electrons. The van der Waals surface area contributed by atoms with E-state index < -0.39 is 0 Å². The topological polar surface area (TPSA) is 41.1 Å². The Morgan fingerprint density at radius 1 is 1.00 bits per heavy atom. The summed E-state index contributed by atoms with van der Waals surface area (Å²) in [6.45, 7) is 7.60. The third-order valence-electron chi connectivity index (χ3n) is 5.70. The minimum atomic E-state index is -0.0937. The molecule has 27 heavy (non-hydrogen) atoms. The number of hydrogen-bond donors (Lipinski definition) is 2. The van der Waals surface area contributed by atoms with Gasteiger partial charge in [-0.1, -0.05) is 61.2 Å². The molecule has 2 aromatic rings. The Hall–Kier alpha value is -2.39. The quantitative estimate of drug-likeness (QED) is 0.829. The van der Waals surface area contributed by atoms with Crippen LogP contribution in [-0.4, -0.2) is 19.0 Å². The first-order valence-electron chi connectivity index (χ1n) is 9.92. The summed E-state index contributed by atoms with van der Waals surface area (Å²) < 4.78 is 0. The van der Waals surface area contributed by atoms with Gasteiger partial charge in [-0.3, -0.25) is 4.79 Å². The lowest BCUT2D eigenvalue weighted by Crippen LogP contribution is -2.41. The second-order valence-electron chi connectivity index (χ2n) is 7.57. The van der Waals surface area contributed by atoms with E-state index in [0.29, 0.717) is 11.1 Å². The molecular weight excluding hydrogens is 332 g/mol. The summed E-state index contributed by atoms with van der Waals surface area (Å²) in [5.74, 6) is -0.0937. The second kappa shape index (κ2) is 9.01. The fraction of sp³-hybridized carbons (Fsp3) is 0.375. The van der Waals surface area contributed by atoms with Gasteiger partial charge in [-0.05, 0) is 67.3 Å². The predicted octanol–water partition coefficient (Wildman–Crippen LogP) is 4.44. The number of nitrogens with one attached hydrogen (secondary N) is 2. The first kappa shape index (κ1) is 19.4. The molecule has 1 fully saturated rings. The summed E-state index contributed by atoms with van der Waals surface area (Å²) in [5.41, 5.74) is 5.39. The molecule has 1 aliphatic heterocycles. The van der Waals surface area contributed by atoms with Gasteiger partial charge < -0.3 is 10.6 Å². The van der Waals surface area contributed by atoms with Crippen LogP contribution in [0, 0.1) is 0 Å². The summed E-state index contributed by atoms with van der Waals surface area (Å²) in [6, 6.07) is 18.6. The van der Waals surface area contributed by atoms with Crippen molar-refractivity contribution < 1.29 is 4.79 Å². The second-order valence-corrected chi connectivity index (χ2v) is 7.57. The van der Waals surface area contributed by atoms with Crippen LogP contribution >= 0.6 is 0 Å². The fourth-order valence-electron chi connectivity index (χ4n) is 4.36. The van der Waals surface area contributed by atoms with Crippen LogP contribution in [0.25, 0.3) is 5.70 Å². The number of fused-ring (bicyclic) bond motifs is 2. The van der Waals surface area contributed by atoms with Crippen LogP contribution in [0.4, 0.5) is 0 Å². The van der Waals surface area contributed by atoms with Gasteiger partial charge in [0, 0.05) is 12.6 Å². The Morgan fingerprint density at radius 2 is 1.67 bits per heavy atom. The molecule has 1 aliphatic carbocycles. The molecule has 1 saturated heterocycles. The smallest absolute Gasteiger partial charge is 0.221 e. The van der Waals surface area contributed by atoms with Crippen molar-refractivity contribution in [3.63, 3.8) is 0 Å². The number of carbonyl (C=O) groups is 1. The number of benzene rings is 2. The van der Waals surface area contributed by atoms with Crippen LogP contribution in [0.1, 0.15) is 49.3 Å². The van der Waals surface area contributed by atoms with Gasteiger partial charge in [-0.15, -0.1) is 0 Å². The lowest BCUT2D eigenvalue weighted by Gasteiger charge is -2.42. The van der Waals surface area contributed by atoms with E-state index in [4.69, 9.17) is 0 Å². The molecule has 0 unspecified atom stereocenters. The molecule has 0 bridgehead atoms. The van der Waals surface area contributed by atoms with Gasteiger partial charge in [0.15, 0.2) is 0 Å². The van der Waals surface area contributed by atoms with Crippen molar-refractivity contribution in [2.24, 2.45) is 0 Å². The maximum absolute atomic E-state index is 10.7. The molecule has 1 amide bonds. The lowest BCUT2D eigenvalue weighted by atomic mass is 9.65. The molecule has 3 heteroatoms. The molecular formula is C24H30N2O. The monoisotopic (exact) mass is 362 g/mol. The van der Waals surface area contributed by atoms with E-state index in [1.54, 1.807) is 11.1 Å². The molecule has 4 rings (SSSR count). The van der Waals surface area contributed by atoms with Crippen LogP contribution < -0.4 is 10.6 Å². The summed E-state index contributed by atoms with van der Waals surface area (Å²) in [6.07, 6.45) is 6.77. The Balaban J connectivity index is 0.000000161. The van der Waals surface area contributed by atoms with Crippen LogP contribution in [0.15, 0.2) is 61.2 Å². The minimum absolute atomic E-state index is 0.0937. The van der Waals surface area contributed by atoms with Crippen LogP contribution in [-0.2, 0) is 16.6 Å². The Morgan fingerprint density at radius 3 is 2.37 bits per heavy atom. The lowest BCUT2D eigenvalue weighted by molar-refractivity contribution is -0.117. The molecule has 1 heterocycles.